The van der Waals surface area contributed by atoms with Crippen molar-refractivity contribution in [3.05, 3.63) is 60.4 Å². The fourth-order valence-electron chi connectivity index (χ4n) is 3.78. The molecule has 5 rings (SSSR count). The minimum absolute atomic E-state index is 0.614. The number of hydrogen-bond acceptors (Lipinski definition) is 7. The van der Waals surface area contributed by atoms with Gasteiger partial charge in [0.2, 0.25) is 5.88 Å². The van der Waals surface area contributed by atoms with Crippen molar-refractivity contribution >= 4 is 32.5 Å². The minimum atomic E-state index is 0.614. The van der Waals surface area contributed by atoms with Crippen LogP contribution < -0.4 is 10.1 Å². The lowest BCUT2D eigenvalue weighted by atomic mass is 10.1. The van der Waals surface area contributed by atoms with E-state index in [9.17, 15) is 0 Å². The molecular weight excluding hydrogens is 394 g/mol. The van der Waals surface area contributed by atoms with Crippen molar-refractivity contribution in [2.75, 3.05) is 25.5 Å². The fourth-order valence-corrected chi connectivity index (χ4v) is 4.69. The van der Waals surface area contributed by atoms with Gasteiger partial charge in [-0.05, 0) is 67.4 Å². The van der Waals surface area contributed by atoms with E-state index in [1.54, 1.807) is 18.4 Å². The molecular formula is C23H23N5OS. The molecule has 1 aliphatic rings. The molecule has 0 bridgehead atoms. The third-order valence-electron chi connectivity index (χ3n) is 5.33. The smallest absolute Gasteiger partial charge is 0.212 e. The maximum absolute atomic E-state index is 5.14. The Hall–Kier alpha value is -3.03. The molecule has 0 spiro atoms. The summed E-state index contributed by atoms with van der Waals surface area (Å²) in [4.78, 5) is 16.0. The van der Waals surface area contributed by atoms with Crippen LogP contribution in [0.1, 0.15) is 18.4 Å². The monoisotopic (exact) mass is 417 g/mol. The van der Waals surface area contributed by atoms with E-state index in [0.717, 1.165) is 38.8 Å². The van der Waals surface area contributed by atoms with Gasteiger partial charge < -0.3 is 10.1 Å². The molecule has 152 valence electrons. The molecule has 30 heavy (non-hydrogen) atoms. The highest BCUT2D eigenvalue weighted by atomic mass is 32.1. The van der Waals surface area contributed by atoms with E-state index < -0.39 is 0 Å². The maximum atomic E-state index is 5.14. The Morgan fingerprint density at radius 2 is 1.90 bits per heavy atom. The summed E-state index contributed by atoms with van der Waals surface area (Å²) in [6.45, 7) is 3.36. The van der Waals surface area contributed by atoms with Crippen molar-refractivity contribution in [3.8, 4) is 17.0 Å². The Bertz CT molecular complexity index is 1150. The summed E-state index contributed by atoms with van der Waals surface area (Å²) in [5.41, 5.74) is 4.42. The number of anilines is 2. The molecule has 1 fully saturated rings. The topological polar surface area (TPSA) is 63.2 Å². The molecule has 0 amide bonds. The van der Waals surface area contributed by atoms with Crippen LogP contribution in [0.2, 0.25) is 0 Å². The Morgan fingerprint density at radius 3 is 2.70 bits per heavy atom. The molecule has 0 aliphatic carbocycles. The Kier molecular flexibility index (Phi) is 5.29. The lowest BCUT2D eigenvalue weighted by Gasteiger charge is -2.14. The van der Waals surface area contributed by atoms with E-state index in [-0.39, 0.29) is 0 Å². The first kappa shape index (κ1) is 19.0. The van der Waals surface area contributed by atoms with Gasteiger partial charge in [-0.15, -0.1) is 0 Å². The molecule has 1 aliphatic heterocycles. The highest BCUT2D eigenvalue weighted by molar-refractivity contribution is 7.22. The molecule has 6 nitrogen and oxygen atoms in total. The minimum Gasteiger partial charge on any atom is -0.481 e. The molecule has 1 N–H and O–H groups in total. The number of nitrogens with zero attached hydrogens (tertiary/aromatic N) is 4. The molecule has 4 aromatic rings. The summed E-state index contributed by atoms with van der Waals surface area (Å²) in [5.74, 6) is 1.45. The van der Waals surface area contributed by atoms with Crippen molar-refractivity contribution in [3.63, 3.8) is 0 Å². The van der Waals surface area contributed by atoms with Crippen LogP contribution in [0.4, 0.5) is 10.9 Å². The number of likely N-dealkylation sites (tertiary alicyclic amines) is 1. The van der Waals surface area contributed by atoms with Crippen LogP contribution in [0, 0.1) is 0 Å². The zero-order valence-electron chi connectivity index (χ0n) is 16.8. The summed E-state index contributed by atoms with van der Waals surface area (Å²) in [7, 11) is 1.62. The number of nitrogens with one attached hydrogen (secondary N) is 1. The zero-order chi connectivity index (χ0) is 20.3. The highest BCUT2D eigenvalue weighted by Gasteiger charge is 2.12. The first-order valence-electron chi connectivity index (χ1n) is 10.1. The van der Waals surface area contributed by atoms with Crippen molar-refractivity contribution < 1.29 is 4.74 Å². The predicted molar refractivity (Wildman–Crippen MR) is 121 cm³/mol. The van der Waals surface area contributed by atoms with Crippen LogP contribution in [0.25, 0.3) is 21.3 Å². The summed E-state index contributed by atoms with van der Waals surface area (Å²) in [6, 6.07) is 14.4. The van der Waals surface area contributed by atoms with Crippen molar-refractivity contribution in [2.24, 2.45) is 0 Å². The van der Waals surface area contributed by atoms with Gasteiger partial charge in [0.25, 0.3) is 0 Å². The number of thiazole rings is 1. The predicted octanol–water partition coefficient (Wildman–Crippen LogP) is 5.10. The average Bonchev–Trinajstić information content (AvgIpc) is 3.43. The third-order valence-corrected chi connectivity index (χ3v) is 6.27. The van der Waals surface area contributed by atoms with Crippen LogP contribution in [0.15, 0.2) is 54.9 Å². The molecule has 1 saturated heterocycles. The normalized spacial score (nSPS) is 14.3. The van der Waals surface area contributed by atoms with Crippen LogP contribution in [0.3, 0.4) is 0 Å². The van der Waals surface area contributed by atoms with Crippen molar-refractivity contribution in [1.82, 2.24) is 19.9 Å². The van der Waals surface area contributed by atoms with E-state index in [1.165, 1.54) is 31.5 Å². The third kappa shape index (κ3) is 4.13. The summed E-state index contributed by atoms with van der Waals surface area (Å²) < 4.78 is 6.27. The molecule has 0 saturated carbocycles. The molecule has 0 atom stereocenters. The molecule has 3 aromatic heterocycles. The number of methoxy groups -OCH3 is 1. The van der Waals surface area contributed by atoms with Crippen LogP contribution in [-0.4, -0.2) is 40.1 Å². The summed E-state index contributed by atoms with van der Waals surface area (Å²) >= 11 is 1.63. The number of fused-ring (bicyclic) bond motifs is 1. The maximum Gasteiger partial charge on any atom is 0.212 e. The Morgan fingerprint density at radius 1 is 1.03 bits per heavy atom. The van der Waals surface area contributed by atoms with Crippen LogP contribution in [0.5, 0.6) is 5.88 Å². The highest BCUT2D eigenvalue weighted by Crippen LogP contribution is 2.32. The molecule has 0 unspecified atom stereocenters. The first-order chi connectivity index (χ1) is 14.8. The van der Waals surface area contributed by atoms with Crippen molar-refractivity contribution in [2.45, 2.75) is 19.4 Å². The van der Waals surface area contributed by atoms with Gasteiger partial charge in [0.1, 0.15) is 5.82 Å². The quantitative estimate of drug-likeness (QED) is 0.471. The van der Waals surface area contributed by atoms with Gasteiger partial charge in [-0.3, -0.25) is 4.90 Å². The van der Waals surface area contributed by atoms with Gasteiger partial charge in [-0.1, -0.05) is 17.4 Å². The Balaban J connectivity index is 1.35. The Labute approximate surface area is 179 Å². The van der Waals surface area contributed by atoms with Gasteiger partial charge in [0.15, 0.2) is 5.13 Å². The number of rotatable bonds is 6. The zero-order valence-corrected chi connectivity index (χ0v) is 17.7. The summed E-state index contributed by atoms with van der Waals surface area (Å²) in [6.07, 6.45) is 6.30. The summed E-state index contributed by atoms with van der Waals surface area (Å²) in [5, 5.41) is 4.23. The van der Waals surface area contributed by atoms with E-state index in [0.29, 0.717) is 5.88 Å². The van der Waals surface area contributed by atoms with E-state index in [4.69, 9.17) is 9.72 Å². The van der Waals surface area contributed by atoms with Crippen molar-refractivity contribution in [1.29, 1.82) is 0 Å². The van der Waals surface area contributed by atoms with Gasteiger partial charge in [-0.25, -0.2) is 15.0 Å². The number of ether oxygens (including phenoxy) is 1. The largest absolute Gasteiger partial charge is 0.481 e. The molecule has 0 radical (unpaired) electrons. The number of aromatic nitrogens is 3. The number of pyridine rings is 2. The molecule has 1 aromatic carbocycles. The van der Waals surface area contributed by atoms with Gasteiger partial charge in [0, 0.05) is 30.6 Å². The lowest BCUT2D eigenvalue weighted by molar-refractivity contribution is 0.331. The second kappa shape index (κ2) is 8.38. The average molecular weight is 418 g/mol. The number of hydrogen-bond donors (Lipinski definition) is 1. The SMILES string of the molecule is COc1ccc(-c2ccc3nc(Nc4cc(CN5CCCC5)ccn4)sc3c2)cn1. The van der Waals surface area contributed by atoms with Gasteiger partial charge >= 0.3 is 0 Å². The van der Waals surface area contributed by atoms with Crippen LogP contribution >= 0.6 is 11.3 Å². The second-order valence-electron chi connectivity index (χ2n) is 7.45. The lowest BCUT2D eigenvalue weighted by Crippen LogP contribution is -2.18. The second-order valence-corrected chi connectivity index (χ2v) is 8.48. The fraction of sp³-hybridized carbons (Fsp3) is 0.261. The van der Waals surface area contributed by atoms with E-state index >= 15 is 0 Å². The molecule has 4 heterocycles. The van der Waals surface area contributed by atoms with Gasteiger partial charge in [-0.2, -0.15) is 0 Å². The number of benzene rings is 1. The molecule has 7 heteroatoms. The van der Waals surface area contributed by atoms with E-state index in [2.05, 4.69) is 44.5 Å². The van der Waals surface area contributed by atoms with E-state index in [1.807, 2.05) is 30.6 Å². The first-order valence-corrected chi connectivity index (χ1v) is 10.9. The van der Waals surface area contributed by atoms with Gasteiger partial charge in [0.05, 0.1) is 17.3 Å². The van der Waals surface area contributed by atoms with Crippen LogP contribution in [-0.2, 0) is 6.54 Å². The standard InChI is InChI=1S/C23H23N5OS/c1-29-22-7-5-18(14-25-22)17-4-6-19-20(13-17)30-23(26-19)27-21-12-16(8-9-24-21)15-28-10-2-3-11-28/h4-9,12-14H,2-3,10-11,15H2,1H3,(H,24,26,27).